The van der Waals surface area contributed by atoms with Gasteiger partial charge in [0.05, 0.1) is 13.2 Å². The number of aliphatic hydroxyl groups excluding tert-OH is 1. The number of ether oxygens (including phenoxy) is 1. The van der Waals surface area contributed by atoms with Crippen molar-refractivity contribution >= 4 is 0 Å². The molecule has 1 aromatic rings. The second kappa shape index (κ2) is 6.59. The smallest absolute Gasteiger partial charge is 0.124 e. The Morgan fingerprint density at radius 1 is 1.35 bits per heavy atom. The Balaban J connectivity index is 2.61. The van der Waals surface area contributed by atoms with Gasteiger partial charge in [-0.3, -0.25) is 0 Å². The Kier molecular flexibility index (Phi) is 5.41. The number of hydrogen-bond acceptors (Lipinski definition) is 4. The van der Waals surface area contributed by atoms with Gasteiger partial charge in [0, 0.05) is 19.6 Å². The summed E-state index contributed by atoms with van der Waals surface area (Å²) in [6.07, 6.45) is -0.476. The van der Waals surface area contributed by atoms with Gasteiger partial charge in [0.15, 0.2) is 0 Å². The standard InChI is InChI=1S/C13H22N2O2/c1-9-4-11(5-10(2)13(9)17-3)7-15-8-12(16)6-14/h4-5,12,15-16H,6-8,14H2,1-3H3. The maximum atomic E-state index is 9.32. The number of nitrogens with two attached hydrogens (primary N) is 1. The molecule has 17 heavy (non-hydrogen) atoms. The van der Waals surface area contributed by atoms with Gasteiger partial charge in [0.25, 0.3) is 0 Å². The molecule has 0 heterocycles. The Labute approximate surface area is 103 Å². The number of methoxy groups -OCH3 is 1. The minimum atomic E-state index is -0.476. The average Bonchev–Trinajstić information content (AvgIpc) is 2.28. The van der Waals surface area contributed by atoms with E-state index in [2.05, 4.69) is 17.4 Å². The van der Waals surface area contributed by atoms with E-state index >= 15 is 0 Å². The van der Waals surface area contributed by atoms with Crippen molar-refractivity contribution in [2.75, 3.05) is 20.2 Å². The van der Waals surface area contributed by atoms with E-state index in [1.165, 1.54) is 5.56 Å². The fraction of sp³-hybridized carbons (Fsp3) is 0.538. The average molecular weight is 238 g/mol. The quantitative estimate of drug-likeness (QED) is 0.683. The third kappa shape index (κ3) is 4.00. The molecule has 0 fully saturated rings. The molecule has 4 heteroatoms. The molecule has 0 aromatic heterocycles. The molecule has 0 aliphatic rings. The van der Waals surface area contributed by atoms with Crippen LogP contribution in [0, 0.1) is 13.8 Å². The predicted octanol–water partition coefficient (Wildman–Crippen LogP) is 0.721. The van der Waals surface area contributed by atoms with E-state index < -0.39 is 6.10 Å². The Hall–Kier alpha value is -1.10. The number of aryl methyl sites for hydroxylation is 2. The Morgan fingerprint density at radius 3 is 2.41 bits per heavy atom. The third-order valence-electron chi connectivity index (χ3n) is 2.71. The number of benzene rings is 1. The van der Waals surface area contributed by atoms with E-state index in [0.29, 0.717) is 6.54 Å². The van der Waals surface area contributed by atoms with Crippen molar-refractivity contribution in [1.29, 1.82) is 0 Å². The van der Waals surface area contributed by atoms with Crippen LogP contribution in [-0.4, -0.2) is 31.4 Å². The Morgan fingerprint density at radius 2 is 1.94 bits per heavy atom. The van der Waals surface area contributed by atoms with E-state index in [1.54, 1.807) is 7.11 Å². The monoisotopic (exact) mass is 238 g/mol. The van der Waals surface area contributed by atoms with Gasteiger partial charge in [0.1, 0.15) is 5.75 Å². The lowest BCUT2D eigenvalue weighted by Gasteiger charge is -2.13. The van der Waals surface area contributed by atoms with Crippen molar-refractivity contribution in [3.8, 4) is 5.75 Å². The molecular weight excluding hydrogens is 216 g/mol. The van der Waals surface area contributed by atoms with Crippen LogP contribution in [0.4, 0.5) is 0 Å². The summed E-state index contributed by atoms with van der Waals surface area (Å²) < 4.78 is 5.31. The van der Waals surface area contributed by atoms with Gasteiger partial charge >= 0.3 is 0 Å². The minimum absolute atomic E-state index is 0.285. The van der Waals surface area contributed by atoms with Crippen LogP contribution in [0.1, 0.15) is 16.7 Å². The van der Waals surface area contributed by atoms with Crippen molar-refractivity contribution in [1.82, 2.24) is 5.32 Å². The normalized spacial score (nSPS) is 12.5. The highest BCUT2D eigenvalue weighted by Crippen LogP contribution is 2.24. The Bertz CT molecular complexity index is 343. The molecule has 0 saturated heterocycles. The molecule has 4 N–H and O–H groups in total. The summed E-state index contributed by atoms with van der Waals surface area (Å²) in [5.41, 5.74) is 8.77. The summed E-state index contributed by atoms with van der Waals surface area (Å²) in [6, 6.07) is 4.18. The zero-order valence-corrected chi connectivity index (χ0v) is 10.8. The van der Waals surface area contributed by atoms with Crippen LogP contribution >= 0.6 is 0 Å². The molecular formula is C13H22N2O2. The van der Waals surface area contributed by atoms with E-state index in [0.717, 1.165) is 23.4 Å². The summed E-state index contributed by atoms with van der Waals surface area (Å²) in [5, 5.41) is 12.5. The number of nitrogens with one attached hydrogen (secondary N) is 1. The highest BCUT2D eigenvalue weighted by Gasteiger charge is 2.05. The fourth-order valence-corrected chi connectivity index (χ4v) is 1.93. The molecule has 0 amide bonds. The summed E-state index contributed by atoms with van der Waals surface area (Å²) in [5.74, 6) is 0.941. The second-order valence-electron chi connectivity index (χ2n) is 4.28. The highest BCUT2D eigenvalue weighted by molar-refractivity contribution is 5.43. The van der Waals surface area contributed by atoms with Crippen LogP contribution in [0.25, 0.3) is 0 Å². The van der Waals surface area contributed by atoms with Crippen LogP contribution in [0.2, 0.25) is 0 Å². The van der Waals surface area contributed by atoms with Crippen molar-refractivity contribution in [3.63, 3.8) is 0 Å². The second-order valence-corrected chi connectivity index (χ2v) is 4.28. The van der Waals surface area contributed by atoms with E-state index in [1.807, 2.05) is 13.8 Å². The van der Waals surface area contributed by atoms with Crippen LogP contribution in [0.3, 0.4) is 0 Å². The molecule has 96 valence electrons. The molecule has 0 aliphatic heterocycles. The predicted molar refractivity (Wildman–Crippen MR) is 69.2 cm³/mol. The lowest BCUT2D eigenvalue weighted by Crippen LogP contribution is -2.32. The maximum Gasteiger partial charge on any atom is 0.124 e. The fourth-order valence-electron chi connectivity index (χ4n) is 1.93. The van der Waals surface area contributed by atoms with E-state index in [4.69, 9.17) is 10.5 Å². The molecule has 0 saturated carbocycles. The summed E-state index contributed by atoms with van der Waals surface area (Å²) in [6.45, 7) is 5.59. The van der Waals surface area contributed by atoms with Crippen molar-refractivity contribution in [2.24, 2.45) is 5.73 Å². The zero-order chi connectivity index (χ0) is 12.8. The minimum Gasteiger partial charge on any atom is -0.496 e. The van der Waals surface area contributed by atoms with Crippen molar-refractivity contribution in [3.05, 3.63) is 28.8 Å². The maximum absolute atomic E-state index is 9.32. The molecule has 0 aliphatic carbocycles. The molecule has 1 atom stereocenters. The van der Waals surface area contributed by atoms with Gasteiger partial charge in [-0.25, -0.2) is 0 Å². The van der Waals surface area contributed by atoms with Gasteiger partial charge in [-0.05, 0) is 30.5 Å². The molecule has 1 aromatic carbocycles. The largest absolute Gasteiger partial charge is 0.496 e. The summed E-state index contributed by atoms with van der Waals surface area (Å²) in [7, 11) is 1.69. The number of hydrogen-bond donors (Lipinski definition) is 3. The van der Waals surface area contributed by atoms with Crippen LogP contribution in [0.5, 0.6) is 5.75 Å². The third-order valence-corrected chi connectivity index (χ3v) is 2.71. The van der Waals surface area contributed by atoms with E-state index in [9.17, 15) is 5.11 Å². The molecule has 0 bridgehead atoms. The number of aliphatic hydroxyl groups is 1. The van der Waals surface area contributed by atoms with Gasteiger partial charge < -0.3 is 20.9 Å². The number of rotatable bonds is 6. The first-order valence-electron chi connectivity index (χ1n) is 5.81. The SMILES string of the molecule is COc1c(C)cc(CNCC(O)CN)cc1C. The first-order valence-corrected chi connectivity index (χ1v) is 5.81. The molecule has 0 radical (unpaired) electrons. The topological polar surface area (TPSA) is 67.5 Å². The summed E-state index contributed by atoms with van der Waals surface area (Å²) in [4.78, 5) is 0. The first-order chi connectivity index (χ1) is 8.08. The van der Waals surface area contributed by atoms with Crippen LogP contribution < -0.4 is 15.8 Å². The van der Waals surface area contributed by atoms with Crippen LogP contribution in [0.15, 0.2) is 12.1 Å². The lowest BCUT2D eigenvalue weighted by molar-refractivity contribution is 0.179. The molecule has 4 nitrogen and oxygen atoms in total. The van der Waals surface area contributed by atoms with Crippen LogP contribution in [-0.2, 0) is 6.54 Å². The molecule has 1 unspecified atom stereocenters. The molecule has 1 rings (SSSR count). The van der Waals surface area contributed by atoms with Gasteiger partial charge in [-0.1, -0.05) is 12.1 Å². The van der Waals surface area contributed by atoms with Crippen molar-refractivity contribution < 1.29 is 9.84 Å². The van der Waals surface area contributed by atoms with Gasteiger partial charge in [-0.2, -0.15) is 0 Å². The van der Waals surface area contributed by atoms with E-state index in [-0.39, 0.29) is 6.54 Å². The lowest BCUT2D eigenvalue weighted by atomic mass is 10.1. The zero-order valence-electron chi connectivity index (χ0n) is 10.8. The van der Waals surface area contributed by atoms with Crippen molar-refractivity contribution in [2.45, 2.75) is 26.5 Å². The van der Waals surface area contributed by atoms with Gasteiger partial charge in [-0.15, -0.1) is 0 Å². The van der Waals surface area contributed by atoms with Gasteiger partial charge in [0.2, 0.25) is 0 Å². The highest BCUT2D eigenvalue weighted by atomic mass is 16.5. The summed E-state index contributed by atoms with van der Waals surface area (Å²) >= 11 is 0. The molecule has 0 spiro atoms. The first kappa shape index (κ1) is 14.0.